The largest absolute Gasteiger partial charge is 0.478 e. The van der Waals surface area contributed by atoms with Crippen molar-refractivity contribution in [1.82, 2.24) is 14.9 Å². The first-order valence-electron chi connectivity index (χ1n) is 6.66. The number of aromatic nitrogens is 2. The highest BCUT2D eigenvalue weighted by atomic mass is 16.5. The second-order valence-corrected chi connectivity index (χ2v) is 5.29. The van der Waals surface area contributed by atoms with Crippen LogP contribution in [-0.2, 0) is 4.74 Å². The summed E-state index contributed by atoms with van der Waals surface area (Å²) in [4.78, 5) is 13.4. The predicted molar refractivity (Wildman–Crippen MR) is 71.5 cm³/mol. The van der Waals surface area contributed by atoms with Crippen LogP contribution in [-0.4, -0.2) is 67.9 Å². The summed E-state index contributed by atoms with van der Waals surface area (Å²) in [6.45, 7) is 4.52. The molecule has 3 rings (SSSR count). The van der Waals surface area contributed by atoms with Gasteiger partial charge in [-0.15, -0.1) is 0 Å². The van der Waals surface area contributed by atoms with E-state index in [1.165, 1.54) is 0 Å². The molecule has 2 saturated heterocycles. The lowest BCUT2D eigenvalue weighted by Gasteiger charge is -2.30. The molecule has 0 saturated carbocycles. The van der Waals surface area contributed by atoms with E-state index < -0.39 is 0 Å². The van der Waals surface area contributed by atoms with Crippen LogP contribution in [0.25, 0.3) is 0 Å². The lowest BCUT2D eigenvalue weighted by molar-refractivity contribution is 0.0928. The van der Waals surface area contributed by atoms with Gasteiger partial charge in [0.1, 0.15) is 0 Å². The first-order valence-corrected chi connectivity index (χ1v) is 6.66. The zero-order valence-corrected chi connectivity index (χ0v) is 11.5. The third-order valence-electron chi connectivity index (χ3n) is 3.88. The van der Waals surface area contributed by atoms with Crippen molar-refractivity contribution in [2.45, 2.75) is 6.04 Å². The van der Waals surface area contributed by atoms with Crippen LogP contribution in [0.1, 0.15) is 0 Å². The molecule has 2 aliphatic rings. The van der Waals surface area contributed by atoms with Gasteiger partial charge in [0.15, 0.2) is 5.82 Å². The summed E-state index contributed by atoms with van der Waals surface area (Å²) in [5.41, 5.74) is 0. The summed E-state index contributed by atoms with van der Waals surface area (Å²) in [7, 11) is 3.81. The Morgan fingerprint density at radius 3 is 2.89 bits per heavy atom. The fraction of sp³-hybridized carbons (Fsp3) is 0.692. The van der Waals surface area contributed by atoms with Crippen LogP contribution < -0.4 is 9.64 Å². The Kier molecular flexibility index (Phi) is 3.52. The molecule has 3 heterocycles. The molecule has 2 bridgehead atoms. The van der Waals surface area contributed by atoms with Crippen molar-refractivity contribution >= 4 is 5.82 Å². The summed E-state index contributed by atoms with van der Waals surface area (Å²) in [6.07, 6.45) is 3.38. The standard InChI is InChI=1S/C13H20N4O2/c1-16-5-10-6-17(7-11(16)9-19-8-10)12-13(18-2)15-4-3-14-12/h3-4,10-11H,5-9H2,1-2H3/t10-,11+/m1/s1. The molecule has 0 N–H and O–H groups in total. The fourth-order valence-electron chi connectivity index (χ4n) is 2.90. The van der Waals surface area contributed by atoms with Gasteiger partial charge in [-0.1, -0.05) is 0 Å². The summed E-state index contributed by atoms with van der Waals surface area (Å²) >= 11 is 0. The SMILES string of the molecule is COc1nccnc1N1C[C@@H]2COC[C@H](C1)N(C)C2. The highest BCUT2D eigenvalue weighted by Gasteiger charge is 2.32. The van der Waals surface area contributed by atoms with E-state index in [0.29, 0.717) is 17.8 Å². The second kappa shape index (κ2) is 5.30. The van der Waals surface area contributed by atoms with Crippen molar-refractivity contribution in [3.05, 3.63) is 12.4 Å². The van der Waals surface area contributed by atoms with Crippen molar-refractivity contribution < 1.29 is 9.47 Å². The first-order chi connectivity index (χ1) is 9.28. The maximum atomic E-state index is 5.74. The number of likely N-dealkylation sites (N-methyl/N-ethyl adjacent to an activating group) is 1. The normalized spacial score (nSPS) is 28.0. The molecule has 104 valence electrons. The Bertz CT molecular complexity index is 442. The van der Waals surface area contributed by atoms with Gasteiger partial charge in [0.25, 0.3) is 5.88 Å². The summed E-state index contributed by atoms with van der Waals surface area (Å²) in [5, 5.41) is 0. The molecule has 19 heavy (non-hydrogen) atoms. The van der Waals surface area contributed by atoms with Gasteiger partial charge in [0, 0.05) is 37.9 Å². The van der Waals surface area contributed by atoms with E-state index in [1.54, 1.807) is 19.5 Å². The number of ether oxygens (including phenoxy) is 2. The Labute approximate surface area is 113 Å². The van der Waals surface area contributed by atoms with Gasteiger partial charge in [0.05, 0.1) is 26.4 Å². The average molecular weight is 264 g/mol. The van der Waals surface area contributed by atoms with Crippen molar-refractivity contribution in [1.29, 1.82) is 0 Å². The van der Waals surface area contributed by atoms with Gasteiger partial charge < -0.3 is 14.4 Å². The molecule has 0 aromatic carbocycles. The van der Waals surface area contributed by atoms with E-state index in [2.05, 4.69) is 26.8 Å². The highest BCUT2D eigenvalue weighted by molar-refractivity contribution is 5.48. The average Bonchev–Trinajstić information content (AvgIpc) is 2.67. The topological polar surface area (TPSA) is 50.7 Å². The van der Waals surface area contributed by atoms with Crippen LogP contribution in [0.15, 0.2) is 12.4 Å². The molecule has 0 aliphatic carbocycles. The van der Waals surface area contributed by atoms with Crippen LogP contribution in [0, 0.1) is 5.92 Å². The van der Waals surface area contributed by atoms with E-state index in [1.807, 2.05) is 0 Å². The predicted octanol–water partition coefficient (Wildman–Crippen LogP) is 0.252. The van der Waals surface area contributed by atoms with Crippen molar-refractivity contribution in [2.24, 2.45) is 5.92 Å². The molecule has 2 aliphatic heterocycles. The first kappa shape index (κ1) is 12.6. The summed E-state index contributed by atoms with van der Waals surface area (Å²) < 4.78 is 11.1. The van der Waals surface area contributed by atoms with Crippen molar-refractivity contribution in [3.63, 3.8) is 0 Å². The van der Waals surface area contributed by atoms with Gasteiger partial charge in [-0.05, 0) is 7.05 Å². The smallest absolute Gasteiger partial charge is 0.257 e. The maximum Gasteiger partial charge on any atom is 0.257 e. The Morgan fingerprint density at radius 1 is 1.21 bits per heavy atom. The van der Waals surface area contributed by atoms with Gasteiger partial charge in [-0.25, -0.2) is 9.97 Å². The summed E-state index contributed by atoms with van der Waals surface area (Å²) in [5.74, 6) is 1.95. The van der Waals surface area contributed by atoms with Gasteiger partial charge in [-0.3, -0.25) is 4.90 Å². The van der Waals surface area contributed by atoms with E-state index >= 15 is 0 Å². The summed E-state index contributed by atoms with van der Waals surface area (Å²) in [6, 6.07) is 0.402. The highest BCUT2D eigenvalue weighted by Crippen LogP contribution is 2.27. The third kappa shape index (κ3) is 2.50. The lowest BCUT2D eigenvalue weighted by atomic mass is 10.1. The second-order valence-electron chi connectivity index (χ2n) is 5.29. The number of rotatable bonds is 2. The molecule has 0 amide bonds. The van der Waals surface area contributed by atoms with Crippen molar-refractivity contribution in [3.8, 4) is 5.88 Å². The number of fused-ring (bicyclic) bond motifs is 3. The number of hydrogen-bond acceptors (Lipinski definition) is 6. The van der Waals surface area contributed by atoms with Gasteiger partial charge in [-0.2, -0.15) is 0 Å². The lowest BCUT2D eigenvalue weighted by Crippen LogP contribution is -2.42. The van der Waals surface area contributed by atoms with E-state index in [9.17, 15) is 0 Å². The Hall–Kier alpha value is -1.40. The van der Waals surface area contributed by atoms with Gasteiger partial charge >= 0.3 is 0 Å². The fourth-order valence-corrected chi connectivity index (χ4v) is 2.90. The molecule has 6 heteroatoms. The van der Waals surface area contributed by atoms with Crippen molar-refractivity contribution in [2.75, 3.05) is 51.9 Å². The monoisotopic (exact) mass is 264 g/mol. The zero-order chi connectivity index (χ0) is 13.2. The van der Waals surface area contributed by atoms with E-state index in [-0.39, 0.29) is 0 Å². The van der Waals surface area contributed by atoms with E-state index in [4.69, 9.17) is 9.47 Å². The molecular formula is C13H20N4O2. The van der Waals surface area contributed by atoms with Crippen LogP contribution in [0.3, 0.4) is 0 Å². The minimum Gasteiger partial charge on any atom is -0.478 e. The molecule has 2 atom stereocenters. The Balaban J connectivity index is 1.89. The minimum atomic E-state index is 0.402. The quantitative estimate of drug-likeness (QED) is 0.763. The molecular weight excluding hydrogens is 244 g/mol. The van der Waals surface area contributed by atoms with Gasteiger partial charge in [0.2, 0.25) is 0 Å². The third-order valence-corrected chi connectivity index (χ3v) is 3.88. The molecule has 0 radical (unpaired) electrons. The minimum absolute atomic E-state index is 0.402. The Morgan fingerprint density at radius 2 is 2.05 bits per heavy atom. The molecule has 1 aromatic rings. The number of hydrogen-bond donors (Lipinski definition) is 0. The molecule has 0 unspecified atom stereocenters. The van der Waals surface area contributed by atoms with Crippen LogP contribution in [0.4, 0.5) is 5.82 Å². The molecule has 1 aromatic heterocycles. The number of anilines is 1. The van der Waals surface area contributed by atoms with Crippen LogP contribution in [0.2, 0.25) is 0 Å². The van der Waals surface area contributed by atoms with Crippen LogP contribution in [0.5, 0.6) is 5.88 Å². The maximum absolute atomic E-state index is 5.74. The molecule has 6 nitrogen and oxygen atoms in total. The van der Waals surface area contributed by atoms with E-state index in [0.717, 1.165) is 38.7 Å². The number of nitrogens with zero attached hydrogens (tertiary/aromatic N) is 4. The molecule has 0 spiro atoms. The number of methoxy groups -OCH3 is 1. The van der Waals surface area contributed by atoms with Crippen LogP contribution >= 0.6 is 0 Å². The molecule has 2 fully saturated rings. The zero-order valence-electron chi connectivity index (χ0n) is 11.5.